The summed E-state index contributed by atoms with van der Waals surface area (Å²) in [6, 6.07) is 4.37. The number of nitrogens with two attached hydrogens (primary N) is 1. The van der Waals surface area contributed by atoms with Crippen molar-refractivity contribution in [1.29, 1.82) is 0 Å². The number of rotatable bonds is 4. The molecule has 0 aromatic carbocycles. The third-order valence-corrected chi connectivity index (χ3v) is 5.98. The summed E-state index contributed by atoms with van der Waals surface area (Å²) >= 11 is 0. The smallest absolute Gasteiger partial charge is 0.395 e. The standard InChI is InChI=1S/C21H21F3N8O/c22-21(23,24)14-9-12(10-27-20(14)25)15-1-2-16-18(28-15)19-17(11-26-16)29-30-32(19)13-3-5-31(6-4-13)7-8-33/h1-2,9-11,13,33H,3-8H2,(H2,25,27). The van der Waals surface area contributed by atoms with Crippen molar-refractivity contribution >= 4 is 27.9 Å². The second-order valence-corrected chi connectivity index (χ2v) is 8.04. The maximum atomic E-state index is 13.3. The van der Waals surface area contributed by atoms with Gasteiger partial charge in [0.05, 0.1) is 35.6 Å². The van der Waals surface area contributed by atoms with Crippen LogP contribution in [0, 0.1) is 0 Å². The summed E-state index contributed by atoms with van der Waals surface area (Å²) < 4.78 is 41.8. The molecule has 12 heteroatoms. The number of hydrogen-bond acceptors (Lipinski definition) is 8. The van der Waals surface area contributed by atoms with Crippen molar-refractivity contribution in [3.05, 3.63) is 36.2 Å². The second-order valence-electron chi connectivity index (χ2n) is 8.04. The molecular weight excluding hydrogens is 437 g/mol. The maximum absolute atomic E-state index is 13.3. The zero-order chi connectivity index (χ0) is 23.2. The Hall–Kier alpha value is -3.38. The first-order valence-corrected chi connectivity index (χ1v) is 10.5. The molecule has 33 heavy (non-hydrogen) atoms. The van der Waals surface area contributed by atoms with Crippen molar-refractivity contribution in [2.75, 3.05) is 32.0 Å². The van der Waals surface area contributed by atoms with Crippen LogP contribution < -0.4 is 5.73 Å². The van der Waals surface area contributed by atoms with E-state index in [1.54, 1.807) is 18.3 Å². The number of fused-ring (bicyclic) bond motifs is 3. The molecule has 9 nitrogen and oxygen atoms in total. The molecule has 5 heterocycles. The molecule has 0 radical (unpaired) electrons. The third kappa shape index (κ3) is 3.95. The number of aliphatic hydroxyl groups is 1. The van der Waals surface area contributed by atoms with Gasteiger partial charge >= 0.3 is 6.18 Å². The van der Waals surface area contributed by atoms with Crippen LogP contribution in [0.4, 0.5) is 19.0 Å². The van der Waals surface area contributed by atoms with Gasteiger partial charge in [-0.3, -0.25) is 4.98 Å². The molecule has 1 fully saturated rings. The summed E-state index contributed by atoms with van der Waals surface area (Å²) in [4.78, 5) is 14.9. The Morgan fingerprint density at radius 1 is 1.09 bits per heavy atom. The van der Waals surface area contributed by atoms with Crippen molar-refractivity contribution < 1.29 is 18.3 Å². The minimum atomic E-state index is -4.62. The molecule has 172 valence electrons. The van der Waals surface area contributed by atoms with Crippen LogP contribution in [0.25, 0.3) is 33.3 Å². The molecule has 0 amide bonds. The maximum Gasteiger partial charge on any atom is 0.419 e. The molecule has 4 aromatic rings. The summed E-state index contributed by atoms with van der Waals surface area (Å²) in [5, 5.41) is 17.7. The number of hydrogen-bond donors (Lipinski definition) is 2. The lowest BCUT2D eigenvalue weighted by molar-refractivity contribution is -0.137. The number of halogens is 3. The summed E-state index contributed by atoms with van der Waals surface area (Å²) in [6.07, 6.45) is -0.0571. The number of pyridine rings is 3. The molecule has 3 N–H and O–H groups in total. The number of alkyl halides is 3. The van der Waals surface area contributed by atoms with Crippen molar-refractivity contribution in [2.24, 2.45) is 0 Å². The van der Waals surface area contributed by atoms with Crippen LogP contribution in [0.15, 0.2) is 30.6 Å². The number of nitrogens with zero attached hydrogens (tertiary/aromatic N) is 7. The first-order valence-electron chi connectivity index (χ1n) is 10.5. The molecule has 1 saturated heterocycles. The number of aromatic nitrogens is 6. The van der Waals surface area contributed by atoms with Crippen LogP contribution in [0.3, 0.4) is 0 Å². The number of aliphatic hydroxyl groups excluding tert-OH is 1. The predicted octanol–water partition coefficient (Wildman–Crippen LogP) is 2.67. The van der Waals surface area contributed by atoms with Gasteiger partial charge < -0.3 is 15.7 Å². The highest BCUT2D eigenvalue weighted by Gasteiger charge is 2.34. The van der Waals surface area contributed by atoms with Crippen molar-refractivity contribution in [2.45, 2.75) is 25.1 Å². The molecular formula is C21H21F3N8O. The Morgan fingerprint density at radius 2 is 1.88 bits per heavy atom. The van der Waals surface area contributed by atoms with E-state index in [1.807, 2.05) is 4.68 Å². The predicted molar refractivity (Wildman–Crippen MR) is 115 cm³/mol. The van der Waals surface area contributed by atoms with E-state index in [0.29, 0.717) is 34.3 Å². The summed E-state index contributed by atoms with van der Waals surface area (Å²) in [5.74, 6) is -0.578. The molecule has 1 aliphatic heterocycles. The van der Waals surface area contributed by atoms with Crippen LogP contribution in [-0.2, 0) is 6.18 Å². The zero-order valence-electron chi connectivity index (χ0n) is 17.5. The summed E-state index contributed by atoms with van der Waals surface area (Å²) in [5.41, 5.74) is 7.32. The van der Waals surface area contributed by atoms with Gasteiger partial charge in [0.1, 0.15) is 22.4 Å². The molecule has 1 aliphatic rings. The molecule has 0 spiro atoms. The highest BCUT2D eigenvalue weighted by molar-refractivity contribution is 5.99. The van der Waals surface area contributed by atoms with Crippen LogP contribution in [0.2, 0.25) is 0 Å². The Morgan fingerprint density at radius 3 is 2.61 bits per heavy atom. The molecule has 0 atom stereocenters. The normalized spacial score (nSPS) is 16.1. The topological polar surface area (TPSA) is 119 Å². The van der Waals surface area contributed by atoms with Gasteiger partial charge in [-0.1, -0.05) is 5.21 Å². The van der Waals surface area contributed by atoms with Gasteiger partial charge in [-0.2, -0.15) is 13.2 Å². The molecule has 4 aromatic heterocycles. The van der Waals surface area contributed by atoms with Gasteiger partial charge in [0.25, 0.3) is 0 Å². The fourth-order valence-electron chi connectivity index (χ4n) is 4.27. The van der Waals surface area contributed by atoms with Crippen LogP contribution in [0.5, 0.6) is 0 Å². The minimum absolute atomic E-state index is 0.0935. The van der Waals surface area contributed by atoms with E-state index >= 15 is 0 Å². The fraction of sp³-hybridized carbons (Fsp3) is 0.381. The van der Waals surface area contributed by atoms with Gasteiger partial charge in [0.2, 0.25) is 0 Å². The van der Waals surface area contributed by atoms with E-state index < -0.39 is 17.6 Å². The van der Waals surface area contributed by atoms with Crippen LogP contribution in [-0.4, -0.2) is 66.2 Å². The van der Waals surface area contributed by atoms with Crippen LogP contribution in [0.1, 0.15) is 24.4 Å². The van der Waals surface area contributed by atoms with E-state index in [0.717, 1.165) is 32.0 Å². The van der Waals surface area contributed by atoms with Gasteiger partial charge in [0.15, 0.2) is 0 Å². The first-order chi connectivity index (χ1) is 15.8. The van der Waals surface area contributed by atoms with E-state index in [2.05, 4.69) is 30.2 Å². The Labute approximate surface area is 186 Å². The second kappa shape index (κ2) is 8.19. The lowest BCUT2D eigenvalue weighted by atomic mass is 10.0. The lowest BCUT2D eigenvalue weighted by Crippen LogP contribution is -2.36. The average Bonchev–Trinajstić information content (AvgIpc) is 3.24. The zero-order valence-corrected chi connectivity index (χ0v) is 17.5. The van der Waals surface area contributed by atoms with Gasteiger partial charge in [0, 0.05) is 31.4 Å². The molecule has 0 unspecified atom stereocenters. The van der Waals surface area contributed by atoms with Crippen molar-refractivity contribution in [1.82, 2.24) is 34.8 Å². The monoisotopic (exact) mass is 458 g/mol. The van der Waals surface area contributed by atoms with Crippen molar-refractivity contribution in [3.8, 4) is 11.3 Å². The lowest BCUT2D eigenvalue weighted by Gasteiger charge is -2.31. The van der Waals surface area contributed by atoms with E-state index in [-0.39, 0.29) is 18.2 Å². The highest BCUT2D eigenvalue weighted by atomic mass is 19.4. The Kier molecular flexibility index (Phi) is 5.33. The highest BCUT2D eigenvalue weighted by Crippen LogP contribution is 2.35. The Bertz CT molecular complexity index is 1310. The fourth-order valence-corrected chi connectivity index (χ4v) is 4.27. The molecule has 0 bridgehead atoms. The van der Waals surface area contributed by atoms with Gasteiger partial charge in [-0.05, 0) is 31.0 Å². The molecule has 0 saturated carbocycles. The number of β-amino-alcohol motifs (C(OH)–C–C–N with tert-alkyl or cyclic N) is 1. The first kappa shape index (κ1) is 21.5. The number of anilines is 1. The average molecular weight is 458 g/mol. The van der Waals surface area contributed by atoms with E-state index in [1.165, 1.54) is 6.20 Å². The van der Waals surface area contributed by atoms with E-state index in [4.69, 9.17) is 10.8 Å². The Balaban J connectivity index is 1.58. The largest absolute Gasteiger partial charge is 0.419 e. The molecule has 0 aliphatic carbocycles. The number of nitrogen functional groups attached to an aromatic ring is 1. The number of likely N-dealkylation sites (tertiary alicyclic amines) is 1. The summed E-state index contributed by atoms with van der Waals surface area (Å²) in [6.45, 7) is 2.41. The summed E-state index contributed by atoms with van der Waals surface area (Å²) in [7, 11) is 0. The minimum Gasteiger partial charge on any atom is -0.395 e. The van der Waals surface area contributed by atoms with Crippen LogP contribution >= 0.6 is 0 Å². The van der Waals surface area contributed by atoms with E-state index in [9.17, 15) is 13.2 Å². The molecule has 5 rings (SSSR count). The number of piperidine rings is 1. The van der Waals surface area contributed by atoms with Gasteiger partial charge in [-0.15, -0.1) is 5.10 Å². The SMILES string of the molecule is Nc1ncc(-c2ccc3ncc4nnn(C5CCN(CCO)CC5)c4c3n2)cc1C(F)(F)F. The van der Waals surface area contributed by atoms with Crippen molar-refractivity contribution in [3.63, 3.8) is 0 Å². The quantitative estimate of drug-likeness (QED) is 0.479. The van der Waals surface area contributed by atoms with Gasteiger partial charge in [-0.25, -0.2) is 14.6 Å². The third-order valence-electron chi connectivity index (χ3n) is 5.98.